The summed E-state index contributed by atoms with van der Waals surface area (Å²) in [7, 11) is 0. The second-order valence-electron chi connectivity index (χ2n) is 3.23. The van der Waals surface area contributed by atoms with Gasteiger partial charge >= 0.3 is 0 Å². The topological polar surface area (TPSA) is 79.9 Å². The second-order valence-corrected chi connectivity index (χ2v) is 3.84. The molecule has 0 radical (unpaired) electrons. The lowest BCUT2D eigenvalue weighted by Gasteiger charge is -2.02. The van der Waals surface area contributed by atoms with E-state index in [0.29, 0.717) is 22.7 Å². The van der Waals surface area contributed by atoms with Crippen LogP contribution in [0.2, 0.25) is 0 Å². The van der Waals surface area contributed by atoms with Gasteiger partial charge in [0.2, 0.25) is 0 Å². The third-order valence-electron chi connectivity index (χ3n) is 1.96. The van der Waals surface area contributed by atoms with Crippen LogP contribution in [0.4, 0.5) is 11.4 Å². The zero-order valence-electron chi connectivity index (χ0n) is 9.51. The van der Waals surface area contributed by atoms with Crippen LogP contribution >= 0.6 is 12.2 Å². The summed E-state index contributed by atoms with van der Waals surface area (Å²) in [5.74, 6) is 0. The minimum atomic E-state index is -0.465. The first-order valence-electron chi connectivity index (χ1n) is 4.99. The van der Waals surface area contributed by atoms with Gasteiger partial charge in [-0.15, -0.1) is 5.11 Å². The van der Waals surface area contributed by atoms with Crippen molar-refractivity contribution in [2.75, 3.05) is 6.54 Å². The Morgan fingerprint density at radius 2 is 2.29 bits per heavy atom. The summed E-state index contributed by atoms with van der Waals surface area (Å²) >= 11 is 5.03. The van der Waals surface area contributed by atoms with Gasteiger partial charge in [0.05, 0.1) is 10.6 Å². The lowest BCUT2D eigenvalue weighted by Crippen LogP contribution is -2.01. The molecule has 0 unspecified atom stereocenters. The molecule has 0 spiro atoms. The fourth-order valence-electron chi connectivity index (χ4n) is 1.17. The van der Waals surface area contributed by atoms with Gasteiger partial charge in [-0.1, -0.05) is 17.4 Å². The Morgan fingerprint density at radius 1 is 1.59 bits per heavy atom. The van der Waals surface area contributed by atoms with Gasteiger partial charge in [0.1, 0.15) is 0 Å². The van der Waals surface area contributed by atoms with E-state index in [0.717, 1.165) is 0 Å². The van der Waals surface area contributed by atoms with Gasteiger partial charge in [0.15, 0.2) is 0 Å². The number of non-ortho nitro benzene ring substituents is 1. The molecule has 0 aliphatic heterocycles. The highest BCUT2D eigenvalue weighted by molar-refractivity contribution is 7.80. The van der Waals surface area contributed by atoms with Crippen molar-refractivity contribution in [1.82, 2.24) is 5.43 Å². The van der Waals surface area contributed by atoms with Crippen molar-refractivity contribution in [3.63, 3.8) is 0 Å². The summed E-state index contributed by atoms with van der Waals surface area (Å²) in [6.45, 7) is 4.24. The van der Waals surface area contributed by atoms with Crippen molar-refractivity contribution in [2.24, 2.45) is 10.3 Å². The number of nitrogens with zero attached hydrogens (tertiary/aromatic N) is 3. The number of hydrogen-bond acceptors (Lipinski definition) is 5. The third kappa shape index (κ3) is 3.56. The molecule has 90 valence electrons. The average molecular weight is 252 g/mol. The first-order chi connectivity index (χ1) is 8.06. The zero-order valence-corrected chi connectivity index (χ0v) is 10.3. The number of rotatable bonds is 5. The Balaban J connectivity index is 3.13. The van der Waals surface area contributed by atoms with Crippen LogP contribution < -0.4 is 5.43 Å². The highest BCUT2D eigenvalue weighted by atomic mass is 32.1. The summed E-state index contributed by atoms with van der Waals surface area (Å²) in [5.41, 5.74) is 3.74. The van der Waals surface area contributed by atoms with Gasteiger partial charge in [0, 0.05) is 29.1 Å². The van der Waals surface area contributed by atoms with Crippen LogP contribution in [0.25, 0.3) is 0 Å². The normalized spacial score (nSPS) is 10.5. The lowest BCUT2D eigenvalue weighted by molar-refractivity contribution is -0.384. The molecular weight excluding hydrogens is 240 g/mol. The maximum Gasteiger partial charge on any atom is 0.270 e. The molecular formula is C10H12N4O2S. The van der Waals surface area contributed by atoms with E-state index in [9.17, 15) is 10.1 Å². The van der Waals surface area contributed by atoms with E-state index in [2.05, 4.69) is 15.8 Å². The molecule has 0 amide bonds. The van der Waals surface area contributed by atoms with E-state index in [-0.39, 0.29) is 5.69 Å². The SMILES string of the molecule is CCN/N=N\c1ccc([N+](=O)[O-])cc1C(C)=S. The Morgan fingerprint density at radius 3 is 2.82 bits per heavy atom. The molecule has 1 N–H and O–H groups in total. The van der Waals surface area contributed by atoms with Crippen LogP contribution in [0, 0.1) is 10.1 Å². The summed E-state index contributed by atoms with van der Waals surface area (Å²) < 4.78 is 0. The molecule has 0 bridgehead atoms. The molecule has 6 nitrogen and oxygen atoms in total. The van der Waals surface area contributed by atoms with Crippen LogP contribution in [-0.2, 0) is 0 Å². The molecule has 0 aromatic heterocycles. The van der Waals surface area contributed by atoms with Gasteiger partial charge in [-0.05, 0) is 19.9 Å². The number of nitro benzene ring substituents is 1. The molecule has 0 saturated heterocycles. The van der Waals surface area contributed by atoms with E-state index in [1.54, 1.807) is 6.92 Å². The largest absolute Gasteiger partial charge is 0.292 e. The van der Waals surface area contributed by atoms with Crippen LogP contribution in [0.5, 0.6) is 0 Å². The van der Waals surface area contributed by atoms with Gasteiger partial charge in [-0.25, -0.2) is 0 Å². The maximum atomic E-state index is 10.6. The van der Waals surface area contributed by atoms with Crippen molar-refractivity contribution in [1.29, 1.82) is 0 Å². The molecule has 0 fully saturated rings. The Kier molecular flexibility index (Phi) is 4.65. The molecule has 1 aromatic rings. The molecule has 1 aromatic carbocycles. The molecule has 0 aliphatic rings. The number of thiocarbonyl (C=S) groups is 1. The first-order valence-corrected chi connectivity index (χ1v) is 5.40. The average Bonchev–Trinajstić information content (AvgIpc) is 2.29. The summed E-state index contributed by atoms with van der Waals surface area (Å²) in [6.07, 6.45) is 0. The summed E-state index contributed by atoms with van der Waals surface area (Å²) in [5, 5.41) is 18.3. The van der Waals surface area contributed by atoms with Crippen molar-refractivity contribution in [3.8, 4) is 0 Å². The highest BCUT2D eigenvalue weighted by Crippen LogP contribution is 2.25. The van der Waals surface area contributed by atoms with Crippen molar-refractivity contribution >= 4 is 28.5 Å². The van der Waals surface area contributed by atoms with Crippen LogP contribution in [0.1, 0.15) is 19.4 Å². The molecule has 17 heavy (non-hydrogen) atoms. The van der Waals surface area contributed by atoms with Crippen LogP contribution in [-0.4, -0.2) is 16.3 Å². The van der Waals surface area contributed by atoms with Gasteiger partial charge in [0.25, 0.3) is 5.69 Å². The minimum absolute atomic E-state index is 0.00778. The second kappa shape index (κ2) is 6.00. The minimum Gasteiger partial charge on any atom is -0.292 e. The van der Waals surface area contributed by atoms with E-state index in [4.69, 9.17) is 12.2 Å². The zero-order chi connectivity index (χ0) is 12.8. The van der Waals surface area contributed by atoms with Gasteiger partial charge < -0.3 is 0 Å². The molecule has 0 atom stereocenters. The molecule has 1 rings (SSSR count). The van der Waals surface area contributed by atoms with E-state index in [1.807, 2.05) is 6.92 Å². The summed E-state index contributed by atoms with van der Waals surface area (Å²) in [6, 6.07) is 4.31. The Hall–Kier alpha value is -1.89. The quantitative estimate of drug-likeness (QED) is 0.287. The third-order valence-corrected chi connectivity index (χ3v) is 2.18. The predicted octanol–water partition coefficient (Wildman–Crippen LogP) is 2.94. The molecule has 0 heterocycles. The van der Waals surface area contributed by atoms with E-state index >= 15 is 0 Å². The maximum absolute atomic E-state index is 10.6. The Bertz CT molecular complexity index is 473. The van der Waals surface area contributed by atoms with Crippen molar-refractivity contribution < 1.29 is 4.92 Å². The molecule has 0 saturated carbocycles. The fourth-order valence-corrected chi connectivity index (χ4v) is 1.33. The smallest absolute Gasteiger partial charge is 0.270 e. The summed E-state index contributed by atoms with van der Waals surface area (Å²) in [4.78, 5) is 10.7. The number of nitro groups is 1. The molecule has 7 heteroatoms. The highest BCUT2D eigenvalue weighted by Gasteiger charge is 2.11. The van der Waals surface area contributed by atoms with E-state index in [1.165, 1.54) is 18.2 Å². The first kappa shape index (κ1) is 13.2. The lowest BCUT2D eigenvalue weighted by atomic mass is 10.1. The van der Waals surface area contributed by atoms with Crippen LogP contribution in [0.15, 0.2) is 28.5 Å². The Labute approximate surface area is 104 Å². The fraction of sp³-hybridized carbons (Fsp3) is 0.300. The van der Waals surface area contributed by atoms with Crippen molar-refractivity contribution in [3.05, 3.63) is 33.9 Å². The van der Waals surface area contributed by atoms with E-state index < -0.39 is 4.92 Å². The predicted molar refractivity (Wildman–Crippen MR) is 68.7 cm³/mol. The number of hydrogen-bond donors (Lipinski definition) is 1. The van der Waals surface area contributed by atoms with Crippen molar-refractivity contribution in [2.45, 2.75) is 13.8 Å². The molecule has 0 aliphatic carbocycles. The van der Waals surface area contributed by atoms with Gasteiger partial charge in [-0.3, -0.25) is 15.5 Å². The number of benzene rings is 1. The van der Waals surface area contributed by atoms with Gasteiger partial charge in [-0.2, -0.15) is 0 Å². The number of nitrogens with one attached hydrogen (secondary N) is 1. The standard InChI is InChI=1S/C10H12N4O2S/c1-3-11-13-12-10-5-4-8(14(15)16)6-9(10)7(2)17/h4-6H,3H2,1-2H3,(H,11,12). The van der Waals surface area contributed by atoms with Crippen LogP contribution in [0.3, 0.4) is 0 Å². The monoisotopic (exact) mass is 252 g/mol.